The summed E-state index contributed by atoms with van der Waals surface area (Å²) < 4.78 is 5.70. The summed E-state index contributed by atoms with van der Waals surface area (Å²) in [6.45, 7) is 5.12. The SMILES string of the molecule is C[C@H]1CCCCN1CCOc1cccc(C=O)c1. The van der Waals surface area contributed by atoms with Crippen LogP contribution in [0.25, 0.3) is 0 Å². The highest BCUT2D eigenvalue weighted by atomic mass is 16.5. The Morgan fingerprint density at radius 3 is 3.11 bits per heavy atom. The number of aldehydes is 1. The fourth-order valence-electron chi connectivity index (χ4n) is 2.45. The standard InChI is InChI=1S/C15H21NO2/c1-13-5-2-3-8-16(13)9-10-18-15-7-4-6-14(11-15)12-17/h4,6-7,11-13H,2-3,5,8-10H2,1H3/t13-/m0/s1. The third-order valence-corrected chi connectivity index (χ3v) is 3.58. The van der Waals surface area contributed by atoms with Crippen LogP contribution in [0, 0.1) is 0 Å². The molecule has 0 saturated carbocycles. The average Bonchev–Trinajstić information content (AvgIpc) is 2.41. The minimum absolute atomic E-state index is 0.666. The zero-order chi connectivity index (χ0) is 12.8. The first-order valence-corrected chi connectivity index (χ1v) is 6.71. The Morgan fingerprint density at radius 1 is 1.44 bits per heavy atom. The van der Waals surface area contributed by atoms with Gasteiger partial charge in [0, 0.05) is 18.2 Å². The van der Waals surface area contributed by atoms with Crippen LogP contribution in [0.4, 0.5) is 0 Å². The molecular formula is C15H21NO2. The van der Waals surface area contributed by atoms with E-state index in [-0.39, 0.29) is 0 Å². The molecule has 1 aromatic rings. The van der Waals surface area contributed by atoms with Crippen molar-refractivity contribution in [1.82, 2.24) is 4.90 Å². The number of nitrogens with zero attached hydrogens (tertiary/aromatic N) is 1. The highest BCUT2D eigenvalue weighted by Gasteiger charge is 2.17. The molecule has 2 rings (SSSR count). The first-order chi connectivity index (χ1) is 8.79. The number of likely N-dealkylation sites (tertiary alicyclic amines) is 1. The molecule has 0 aliphatic carbocycles. The molecule has 0 amide bonds. The van der Waals surface area contributed by atoms with Gasteiger partial charge < -0.3 is 4.74 Å². The van der Waals surface area contributed by atoms with Gasteiger partial charge in [0.2, 0.25) is 0 Å². The van der Waals surface area contributed by atoms with Crippen LogP contribution in [0.2, 0.25) is 0 Å². The fourth-order valence-corrected chi connectivity index (χ4v) is 2.45. The van der Waals surface area contributed by atoms with Gasteiger partial charge in [-0.15, -0.1) is 0 Å². The van der Waals surface area contributed by atoms with E-state index in [0.29, 0.717) is 18.2 Å². The molecule has 1 aromatic carbocycles. The van der Waals surface area contributed by atoms with Gasteiger partial charge in [0.15, 0.2) is 0 Å². The van der Waals surface area contributed by atoms with Crippen molar-refractivity contribution >= 4 is 6.29 Å². The van der Waals surface area contributed by atoms with E-state index in [2.05, 4.69) is 11.8 Å². The Balaban J connectivity index is 1.78. The van der Waals surface area contributed by atoms with Crippen LogP contribution >= 0.6 is 0 Å². The Morgan fingerprint density at radius 2 is 2.33 bits per heavy atom. The first kappa shape index (κ1) is 13.1. The summed E-state index contributed by atoms with van der Waals surface area (Å²) in [7, 11) is 0. The fraction of sp³-hybridized carbons (Fsp3) is 0.533. The van der Waals surface area contributed by atoms with Gasteiger partial charge in [0.25, 0.3) is 0 Å². The quantitative estimate of drug-likeness (QED) is 0.749. The minimum atomic E-state index is 0.666. The largest absolute Gasteiger partial charge is 0.492 e. The lowest BCUT2D eigenvalue weighted by molar-refractivity contribution is 0.112. The van der Waals surface area contributed by atoms with Gasteiger partial charge in [0.1, 0.15) is 18.6 Å². The molecule has 1 heterocycles. The Labute approximate surface area is 109 Å². The van der Waals surface area contributed by atoms with E-state index >= 15 is 0 Å². The summed E-state index contributed by atoms with van der Waals surface area (Å²) >= 11 is 0. The van der Waals surface area contributed by atoms with Crippen molar-refractivity contribution < 1.29 is 9.53 Å². The van der Waals surface area contributed by atoms with E-state index < -0.39 is 0 Å². The number of benzene rings is 1. The third kappa shape index (κ3) is 3.57. The lowest BCUT2D eigenvalue weighted by Crippen LogP contribution is -2.39. The number of hydrogen-bond donors (Lipinski definition) is 0. The van der Waals surface area contributed by atoms with Crippen LogP contribution in [-0.2, 0) is 0 Å². The molecular weight excluding hydrogens is 226 g/mol. The predicted molar refractivity (Wildman–Crippen MR) is 72.2 cm³/mol. The van der Waals surface area contributed by atoms with Crippen LogP contribution in [-0.4, -0.2) is 36.9 Å². The zero-order valence-electron chi connectivity index (χ0n) is 11.0. The number of ether oxygens (including phenoxy) is 1. The molecule has 0 bridgehead atoms. The number of rotatable bonds is 5. The molecule has 18 heavy (non-hydrogen) atoms. The van der Waals surface area contributed by atoms with Crippen LogP contribution in [0.5, 0.6) is 5.75 Å². The summed E-state index contributed by atoms with van der Waals surface area (Å²) in [5.41, 5.74) is 0.666. The van der Waals surface area contributed by atoms with Gasteiger partial charge >= 0.3 is 0 Å². The Hall–Kier alpha value is -1.35. The van der Waals surface area contributed by atoms with Gasteiger partial charge in [0.05, 0.1) is 0 Å². The zero-order valence-corrected chi connectivity index (χ0v) is 11.0. The monoisotopic (exact) mass is 247 g/mol. The molecule has 3 heteroatoms. The molecule has 0 unspecified atom stereocenters. The van der Waals surface area contributed by atoms with E-state index in [9.17, 15) is 4.79 Å². The second kappa shape index (κ2) is 6.55. The lowest BCUT2D eigenvalue weighted by atomic mass is 10.0. The summed E-state index contributed by atoms with van der Waals surface area (Å²) in [4.78, 5) is 13.1. The van der Waals surface area contributed by atoms with Crippen LogP contribution < -0.4 is 4.74 Å². The highest BCUT2D eigenvalue weighted by Crippen LogP contribution is 2.16. The molecule has 0 spiro atoms. The molecule has 3 nitrogen and oxygen atoms in total. The van der Waals surface area contributed by atoms with Crippen LogP contribution in [0.15, 0.2) is 24.3 Å². The summed E-state index contributed by atoms with van der Waals surface area (Å²) in [6, 6.07) is 7.98. The van der Waals surface area contributed by atoms with E-state index in [1.54, 1.807) is 12.1 Å². The molecule has 1 atom stereocenters. The first-order valence-electron chi connectivity index (χ1n) is 6.71. The molecule has 98 valence electrons. The minimum Gasteiger partial charge on any atom is -0.492 e. The second-order valence-corrected chi connectivity index (χ2v) is 4.92. The lowest BCUT2D eigenvalue weighted by Gasteiger charge is -2.33. The predicted octanol–water partition coefficient (Wildman–Crippen LogP) is 2.75. The van der Waals surface area contributed by atoms with Gasteiger partial charge in [-0.05, 0) is 38.4 Å². The van der Waals surface area contributed by atoms with Gasteiger partial charge in [-0.2, -0.15) is 0 Å². The maximum atomic E-state index is 10.7. The van der Waals surface area contributed by atoms with Crippen molar-refractivity contribution in [1.29, 1.82) is 0 Å². The number of carbonyl (C=O) groups excluding carboxylic acids is 1. The molecule has 0 radical (unpaired) electrons. The Bertz CT molecular complexity index is 392. The van der Waals surface area contributed by atoms with E-state index in [0.717, 1.165) is 18.6 Å². The normalized spacial score (nSPS) is 20.6. The van der Waals surface area contributed by atoms with Crippen LogP contribution in [0.3, 0.4) is 0 Å². The van der Waals surface area contributed by atoms with Gasteiger partial charge in [-0.3, -0.25) is 9.69 Å². The molecule has 0 N–H and O–H groups in total. The van der Waals surface area contributed by atoms with Gasteiger partial charge in [-0.1, -0.05) is 18.6 Å². The van der Waals surface area contributed by atoms with Crippen molar-refractivity contribution in [2.75, 3.05) is 19.7 Å². The van der Waals surface area contributed by atoms with Crippen molar-refractivity contribution in [3.63, 3.8) is 0 Å². The topological polar surface area (TPSA) is 29.5 Å². The molecule has 1 fully saturated rings. The third-order valence-electron chi connectivity index (χ3n) is 3.58. The molecule has 1 aliphatic heterocycles. The van der Waals surface area contributed by atoms with E-state index in [1.165, 1.54) is 25.8 Å². The average molecular weight is 247 g/mol. The maximum absolute atomic E-state index is 10.7. The van der Waals surface area contributed by atoms with E-state index in [1.807, 2.05) is 12.1 Å². The highest BCUT2D eigenvalue weighted by molar-refractivity contribution is 5.75. The summed E-state index contributed by atoms with van der Waals surface area (Å²) in [5, 5.41) is 0. The van der Waals surface area contributed by atoms with Gasteiger partial charge in [-0.25, -0.2) is 0 Å². The molecule has 0 aromatic heterocycles. The second-order valence-electron chi connectivity index (χ2n) is 4.92. The number of piperidine rings is 1. The molecule has 1 aliphatic rings. The van der Waals surface area contributed by atoms with Crippen molar-refractivity contribution in [2.45, 2.75) is 32.2 Å². The smallest absolute Gasteiger partial charge is 0.150 e. The van der Waals surface area contributed by atoms with Crippen molar-refractivity contribution in [2.24, 2.45) is 0 Å². The summed E-state index contributed by atoms with van der Waals surface area (Å²) in [6.07, 6.45) is 4.78. The summed E-state index contributed by atoms with van der Waals surface area (Å²) in [5.74, 6) is 0.782. The van der Waals surface area contributed by atoms with Crippen molar-refractivity contribution in [3.8, 4) is 5.75 Å². The maximum Gasteiger partial charge on any atom is 0.150 e. The Kier molecular flexibility index (Phi) is 4.76. The number of hydrogen-bond acceptors (Lipinski definition) is 3. The van der Waals surface area contributed by atoms with Crippen molar-refractivity contribution in [3.05, 3.63) is 29.8 Å². The van der Waals surface area contributed by atoms with E-state index in [4.69, 9.17) is 4.74 Å². The number of carbonyl (C=O) groups is 1. The van der Waals surface area contributed by atoms with Crippen LogP contribution in [0.1, 0.15) is 36.5 Å². The molecule has 1 saturated heterocycles.